The highest BCUT2D eigenvalue weighted by Gasteiger charge is 2.45. The summed E-state index contributed by atoms with van der Waals surface area (Å²) in [7, 11) is 1.59. The Bertz CT molecular complexity index is 1310. The molecule has 210 valence electrons. The van der Waals surface area contributed by atoms with Gasteiger partial charge < -0.3 is 24.2 Å². The topological polar surface area (TPSA) is 85.3 Å². The van der Waals surface area contributed by atoms with Crippen LogP contribution in [0.4, 0.5) is 0 Å². The van der Waals surface area contributed by atoms with E-state index in [2.05, 4.69) is 6.92 Å². The zero-order valence-corrected chi connectivity index (χ0v) is 23.4. The van der Waals surface area contributed by atoms with E-state index >= 15 is 0 Å². The van der Waals surface area contributed by atoms with E-state index in [1.54, 1.807) is 31.4 Å². The molecule has 3 aromatic rings. The lowest BCUT2D eigenvalue weighted by Gasteiger charge is -2.25. The van der Waals surface area contributed by atoms with E-state index in [1.807, 2.05) is 55.5 Å². The summed E-state index contributed by atoms with van der Waals surface area (Å²) in [6.07, 6.45) is 2.55. The lowest BCUT2D eigenvalue weighted by atomic mass is 9.95. The largest absolute Gasteiger partial charge is 0.507 e. The van der Waals surface area contributed by atoms with E-state index in [0.717, 1.165) is 29.7 Å². The second kappa shape index (κ2) is 13.8. The van der Waals surface area contributed by atoms with Gasteiger partial charge in [0.25, 0.3) is 11.7 Å². The molecule has 4 rings (SSSR count). The first kappa shape index (κ1) is 28.9. The van der Waals surface area contributed by atoms with Crippen molar-refractivity contribution in [1.82, 2.24) is 4.90 Å². The Morgan fingerprint density at radius 2 is 1.50 bits per heavy atom. The molecule has 0 saturated carbocycles. The molecule has 1 N–H and O–H groups in total. The Kier molecular flexibility index (Phi) is 9.97. The minimum atomic E-state index is -0.723. The number of carbonyl (C=O) groups is 2. The molecule has 1 amide bonds. The maximum atomic E-state index is 13.2. The maximum absolute atomic E-state index is 13.2. The molecule has 1 heterocycles. The van der Waals surface area contributed by atoms with Gasteiger partial charge in [-0.2, -0.15) is 0 Å². The highest BCUT2D eigenvalue weighted by atomic mass is 16.5. The number of ketones is 1. The monoisotopic (exact) mass is 543 g/mol. The molecular weight excluding hydrogens is 506 g/mol. The highest BCUT2D eigenvalue weighted by molar-refractivity contribution is 6.46. The van der Waals surface area contributed by atoms with Crippen LogP contribution in [-0.2, 0) is 20.9 Å². The molecule has 0 aliphatic carbocycles. The average molecular weight is 544 g/mol. The molecule has 7 heteroatoms. The van der Waals surface area contributed by atoms with Crippen molar-refractivity contribution in [3.8, 4) is 11.5 Å². The number of carbonyl (C=O) groups excluding carboxylic acids is 2. The summed E-state index contributed by atoms with van der Waals surface area (Å²) in [5, 5.41) is 11.3. The summed E-state index contributed by atoms with van der Waals surface area (Å²) in [5.74, 6) is -0.208. The number of rotatable bonds is 13. The van der Waals surface area contributed by atoms with Crippen LogP contribution in [0.1, 0.15) is 54.5 Å². The molecule has 1 fully saturated rings. The number of aliphatic hydroxyl groups excluding tert-OH is 1. The number of aliphatic hydroxyl groups is 1. The van der Waals surface area contributed by atoms with Crippen LogP contribution in [0.5, 0.6) is 11.5 Å². The number of aryl methyl sites for hydroxylation is 1. The van der Waals surface area contributed by atoms with Crippen molar-refractivity contribution in [2.75, 3.05) is 26.9 Å². The number of benzene rings is 3. The smallest absolute Gasteiger partial charge is 0.295 e. The van der Waals surface area contributed by atoms with Gasteiger partial charge in [0.05, 0.1) is 18.2 Å². The highest BCUT2D eigenvalue weighted by Crippen LogP contribution is 2.40. The first-order valence-corrected chi connectivity index (χ1v) is 13.7. The van der Waals surface area contributed by atoms with Gasteiger partial charge >= 0.3 is 0 Å². The third-order valence-corrected chi connectivity index (χ3v) is 6.90. The van der Waals surface area contributed by atoms with Crippen molar-refractivity contribution in [2.45, 2.75) is 45.8 Å². The number of methoxy groups -OCH3 is 1. The van der Waals surface area contributed by atoms with Crippen molar-refractivity contribution in [3.05, 3.63) is 101 Å². The van der Waals surface area contributed by atoms with E-state index in [0.29, 0.717) is 44.1 Å². The van der Waals surface area contributed by atoms with E-state index < -0.39 is 17.7 Å². The van der Waals surface area contributed by atoms with Crippen LogP contribution in [0.25, 0.3) is 5.76 Å². The van der Waals surface area contributed by atoms with E-state index in [1.165, 1.54) is 10.5 Å². The van der Waals surface area contributed by atoms with Crippen molar-refractivity contribution >= 4 is 17.4 Å². The number of hydrogen-bond acceptors (Lipinski definition) is 6. The van der Waals surface area contributed by atoms with Gasteiger partial charge in [0.1, 0.15) is 23.9 Å². The SMILES string of the molecule is CCCCOc1ccc(C2/C(=C(/O)c3ccc(OCc4ccc(C)cc4)cc3)C(=O)C(=O)N2CCCOC)cc1. The third kappa shape index (κ3) is 6.90. The standard InChI is InChI=1S/C33H37NO6/c1-4-5-21-39-27-15-11-25(12-16-27)30-29(32(36)33(37)34(30)19-6-20-38-3)31(35)26-13-17-28(18-14-26)40-22-24-9-7-23(2)8-10-24/h7-18,30,35H,4-6,19-22H2,1-3H3/b31-29-. The van der Waals surface area contributed by atoms with Crippen molar-refractivity contribution in [1.29, 1.82) is 0 Å². The molecule has 40 heavy (non-hydrogen) atoms. The third-order valence-electron chi connectivity index (χ3n) is 6.90. The average Bonchev–Trinajstić information content (AvgIpc) is 3.22. The number of Topliss-reactive ketones (excluding diaryl/α,β-unsaturated/α-hetero) is 1. The molecule has 0 bridgehead atoms. The van der Waals surface area contributed by atoms with Crippen LogP contribution in [-0.4, -0.2) is 48.6 Å². The fourth-order valence-electron chi connectivity index (χ4n) is 4.63. The van der Waals surface area contributed by atoms with Gasteiger partial charge in [0.15, 0.2) is 0 Å². The fraction of sp³-hybridized carbons (Fsp3) is 0.333. The van der Waals surface area contributed by atoms with Gasteiger partial charge in [-0.05, 0) is 67.3 Å². The van der Waals surface area contributed by atoms with Crippen LogP contribution in [0.2, 0.25) is 0 Å². The Labute approximate surface area is 236 Å². The Hall–Kier alpha value is -4.10. The minimum Gasteiger partial charge on any atom is -0.507 e. The number of nitrogens with zero attached hydrogens (tertiary/aromatic N) is 1. The predicted molar refractivity (Wildman–Crippen MR) is 154 cm³/mol. The fourth-order valence-corrected chi connectivity index (χ4v) is 4.63. The number of unbranched alkanes of at least 4 members (excludes halogenated alkanes) is 1. The van der Waals surface area contributed by atoms with Crippen molar-refractivity contribution in [3.63, 3.8) is 0 Å². The van der Waals surface area contributed by atoms with E-state index in [4.69, 9.17) is 14.2 Å². The molecule has 3 aromatic carbocycles. The zero-order valence-electron chi connectivity index (χ0n) is 23.4. The summed E-state index contributed by atoms with van der Waals surface area (Å²) >= 11 is 0. The number of amides is 1. The van der Waals surface area contributed by atoms with Crippen molar-refractivity contribution < 1.29 is 28.9 Å². The summed E-state index contributed by atoms with van der Waals surface area (Å²) in [6.45, 7) is 5.94. The summed E-state index contributed by atoms with van der Waals surface area (Å²) in [4.78, 5) is 27.9. The van der Waals surface area contributed by atoms with Gasteiger partial charge in [-0.25, -0.2) is 0 Å². The van der Waals surface area contributed by atoms with Crippen LogP contribution >= 0.6 is 0 Å². The van der Waals surface area contributed by atoms with Crippen molar-refractivity contribution in [2.24, 2.45) is 0 Å². The molecule has 7 nitrogen and oxygen atoms in total. The second-order valence-corrected chi connectivity index (χ2v) is 9.91. The molecule has 1 atom stereocenters. The first-order valence-electron chi connectivity index (χ1n) is 13.7. The Morgan fingerprint density at radius 3 is 2.15 bits per heavy atom. The Morgan fingerprint density at radius 1 is 0.850 bits per heavy atom. The summed E-state index contributed by atoms with van der Waals surface area (Å²) in [6, 6.07) is 21.6. The van der Waals surface area contributed by atoms with Gasteiger partial charge in [0.2, 0.25) is 0 Å². The van der Waals surface area contributed by atoms with E-state index in [9.17, 15) is 14.7 Å². The lowest BCUT2D eigenvalue weighted by molar-refractivity contribution is -0.140. The number of ether oxygens (including phenoxy) is 3. The number of likely N-dealkylation sites (tertiary alicyclic amines) is 1. The quantitative estimate of drug-likeness (QED) is 0.119. The molecule has 1 aliphatic rings. The normalized spacial score (nSPS) is 16.4. The number of hydrogen-bond donors (Lipinski definition) is 1. The minimum absolute atomic E-state index is 0.0652. The van der Waals surface area contributed by atoms with Crippen LogP contribution in [0.3, 0.4) is 0 Å². The van der Waals surface area contributed by atoms with Crippen LogP contribution in [0, 0.1) is 6.92 Å². The molecule has 1 aliphatic heterocycles. The van der Waals surface area contributed by atoms with Gasteiger partial charge in [-0.15, -0.1) is 0 Å². The van der Waals surface area contributed by atoms with Gasteiger partial charge in [-0.3, -0.25) is 9.59 Å². The van der Waals surface area contributed by atoms with Crippen LogP contribution in [0.15, 0.2) is 78.4 Å². The summed E-state index contributed by atoms with van der Waals surface area (Å²) in [5.41, 5.74) is 3.45. The Balaban J connectivity index is 1.60. The lowest BCUT2D eigenvalue weighted by Crippen LogP contribution is -2.31. The maximum Gasteiger partial charge on any atom is 0.295 e. The molecule has 1 unspecified atom stereocenters. The van der Waals surface area contributed by atoms with Crippen LogP contribution < -0.4 is 9.47 Å². The zero-order chi connectivity index (χ0) is 28.5. The predicted octanol–water partition coefficient (Wildman–Crippen LogP) is 6.21. The summed E-state index contributed by atoms with van der Waals surface area (Å²) < 4.78 is 16.8. The molecule has 0 aromatic heterocycles. The van der Waals surface area contributed by atoms with Gasteiger partial charge in [-0.1, -0.05) is 55.3 Å². The van der Waals surface area contributed by atoms with Gasteiger partial charge in [0, 0.05) is 25.8 Å². The molecule has 0 spiro atoms. The molecule has 0 radical (unpaired) electrons. The molecule has 1 saturated heterocycles. The van der Waals surface area contributed by atoms with E-state index in [-0.39, 0.29) is 11.3 Å². The molecular formula is C33H37NO6. The second-order valence-electron chi connectivity index (χ2n) is 9.91. The first-order chi connectivity index (χ1) is 19.4.